The summed E-state index contributed by atoms with van der Waals surface area (Å²) in [6.07, 6.45) is 0.906. The summed E-state index contributed by atoms with van der Waals surface area (Å²) in [5.41, 5.74) is 4.09. The number of hydrogen-bond acceptors (Lipinski definition) is 5. The molecule has 1 saturated heterocycles. The first kappa shape index (κ1) is 24.4. The van der Waals surface area contributed by atoms with E-state index in [9.17, 15) is 4.79 Å². The van der Waals surface area contributed by atoms with E-state index in [-0.39, 0.29) is 18.3 Å². The maximum absolute atomic E-state index is 13.5. The van der Waals surface area contributed by atoms with Gasteiger partial charge in [0.15, 0.2) is 5.13 Å². The molecule has 166 valence electrons. The van der Waals surface area contributed by atoms with E-state index in [4.69, 9.17) is 9.72 Å². The number of anilines is 1. The average molecular weight is 572 g/mol. The van der Waals surface area contributed by atoms with Crippen molar-refractivity contribution in [1.82, 2.24) is 9.88 Å². The van der Waals surface area contributed by atoms with Crippen LogP contribution in [0.15, 0.2) is 36.4 Å². The van der Waals surface area contributed by atoms with Gasteiger partial charge in [0.05, 0.1) is 29.0 Å². The Balaban J connectivity index is 0.00000272. The summed E-state index contributed by atoms with van der Waals surface area (Å²) in [6, 6.07) is 12.0. The molecule has 0 saturated carbocycles. The number of amides is 1. The number of aromatic nitrogens is 1. The standard InChI is InChI=1S/C23H26IN3O2S.ClH/c1-16-8-9-17(2)21-20(16)25-23(30-21)27(11-5-10-26-12-14-29-15-13-26)22(28)18-6-3-4-7-19(18)24;/h3-4,6-9H,5,10-15H2,1-2H3;1H. The monoisotopic (exact) mass is 571 g/mol. The molecule has 3 aromatic rings. The highest BCUT2D eigenvalue weighted by Gasteiger charge is 2.24. The van der Waals surface area contributed by atoms with Gasteiger partial charge < -0.3 is 4.74 Å². The Morgan fingerprint density at radius 2 is 1.87 bits per heavy atom. The lowest BCUT2D eigenvalue weighted by Gasteiger charge is -2.27. The van der Waals surface area contributed by atoms with Crippen molar-refractivity contribution in [3.63, 3.8) is 0 Å². The number of morpholine rings is 1. The van der Waals surface area contributed by atoms with Gasteiger partial charge in [-0.25, -0.2) is 4.98 Å². The van der Waals surface area contributed by atoms with Crippen LogP contribution in [-0.2, 0) is 4.74 Å². The zero-order chi connectivity index (χ0) is 21.1. The van der Waals surface area contributed by atoms with E-state index >= 15 is 0 Å². The summed E-state index contributed by atoms with van der Waals surface area (Å²) in [4.78, 5) is 22.7. The van der Waals surface area contributed by atoms with E-state index in [0.717, 1.165) is 64.6 Å². The fourth-order valence-electron chi connectivity index (χ4n) is 3.70. The third-order valence-corrected chi connectivity index (χ3v) is 7.63. The second-order valence-corrected chi connectivity index (χ2v) is 9.76. The molecule has 1 amide bonds. The highest BCUT2D eigenvalue weighted by atomic mass is 127. The normalized spacial score (nSPS) is 14.4. The fraction of sp³-hybridized carbons (Fsp3) is 0.391. The third kappa shape index (κ3) is 5.57. The average Bonchev–Trinajstić information content (AvgIpc) is 3.21. The maximum Gasteiger partial charge on any atom is 0.261 e. The van der Waals surface area contributed by atoms with Gasteiger partial charge >= 0.3 is 0 Å². The van der Waals surface area contributed by atoms with Crippen molar-refractivity contribution in [3.05, 3.63) is 56.7 Å². The Bertz CT molecular complexity index is 1010. The van der Waals surface area contributed by atoms with Crippen LogP contribution in [0.1, 0.15) is 27.9 Å². The van der Waals surface area contributed by atoms with Crippen molar-refractivity contribution >= 4 is 67.6 Å². The number of nitrogens with zero attached hydrogens (tertiary/aromatic N) is 3. The van der Waals surface area contributed by atoms with Gasteiger partial charge in [0.1, 0.15) is 0 Å². The first-order valence-electron chi connectivity index (χ1n) is 10.3. The van der Waals surface area contributed by atoms with Gasteiger partial charge in [0.2, 0.25) is 0 Å². The summed E-state index contributed by atoms with van der Waals surface area (Å²) in [6.45, 7) is 9.31. The fourth-order valence-corrected chi connectivity index (χ4v) is 5.46. The number of carbonyl (C=O) groups excluding carboxylic acids is 1. The molecule has 1 aromatic heterocycles. The van der Waals surface area contributed by atoms with Gasteiger partial charge in [0.25, 0.3) is 5.91 Å². The molecule has 2 heterocycles. The Kier molecular flexibility index (Phi) is 8.69. The highest BCUT2D eigenvalue weighted by Crippen LogP contribution is 2.34. The summed E-state index contributed by atoms with van der Waals surface area (Å²) in [5.74, 6) is 0.0244. The van der Waals surface area contributed by atoms with E-state index < -0.39 is 0 Å². The lowest BCUT2D eigenvalue weighted by molar-refractivity contribution is 0.0376. The van der Waals surface area contributed by atoms with E-state index in [1.165, 1.54) is 10.3 Å². The van der Waals surface area contributed by atoms with E-state index in [0.29, 0.717) is 6.54 Å². The summed E-state index contributed by atoms with van der Waals surface area (Å²) in [7, 11) is 0. The van der Waals surface area contributed by atoms with Crippen molar-refractivity contribution in [2.75, 3.05) is 44.3 Å². The Labute approximate surface area is 207 Å². The smallest absolute Gasteiger partial charge is 0.261 e. The number of ether oxygens (including phenoxy) is 1. The minimum absolute atomic E-state index is 0. The zero-order valence-corrected chi connectivity index (χ0v) is 21.6. The van der Waals surface area contributed by atoms with E-state index in [1.807, 2.05) is 29.2 Å². The van der Waals surface area contributed by atoms with Crippen LogP contribution >= 0.6 is 46.3 Å². The highest BCUT2D eigenvalue weighted by molar-refractivity contribution is 14.1. The van der Waals surface area contributed by atoms with Crippen LogP contribution in [0, 0.1) is 17.4 Å². The van der Waals surface area contributed by atoms with Crippen LogP contribution in [0.4, 0.5) is 5.13 Å². The summed E-state index contributed by atoms with van der Waals surface area (Å²) >= 11 is 3.86. The van der Waals surface area contributed by atoms with E-state index in [2.05, 4.69) is 53.5 Å². The van der Waals surface area contributed by atoms with Gasteiger partial charge in [-0.2, -0.15) is 0 Å². The quantitative estimate of drug-likeness (QED) is 0.376. The molecule has 4 rings (SSSR count). The molecule has 0 radical (unpaired) electrons. The van der Waals surface area contributed by atoms with Crippen molar-refractivity contribution in [2.45, 2.75) is 20.3 Å². The number of rotatable bonds is 6. The molecule has 0 bridgehead atoms. The second kappa shape index (κ2) is 11.0. The minimum Gasteiger partial charge on any atom is -0.379 e. The van der Waals surface area contributed by atoms with Gasteiger partial charge in [-0.1, -0.05) is 35.6 Å². The van der Waals surface area contributed by atoms with Crippen LogP contribution in [0.5, 0.6) is 0 Å². The topological polar surface area (TPSA) is 45.7 Å². The number of thiazole rings is 1. The number of aryl methyl sites for hydroxylation is 2. The van der Waals surface area contributed by atoms with Crippen LogP contribution in [0.25, 0.3) is 10.2 Å². The summed E-state index contributed by atoms with van der Waals surface area (Å²) < 4.78 is 7.58. The maximum atomic E-state index is 13.5. The molecule has 0 unspecified atom stereocenters. The molecule has 0 spiro atoms. The molecular formula is C23H27ClIN3O2S. The lowest BCUT2D eigenvalue weighted by atomic mass is 10.1. The minimum atomic E-state index is 0. The van der Waals surface area contributed by atoms with Crippen molar-refractivity contribution in [1.29, 1.82) is 0 Å². The van der Waals surface area contributed by atoms with Crippen LogP contribution in [-0.4, -0.2) is 55.2 Å². The van der Waals surface area contributed by atoms with Gasteiger partial charge in [0, 0.05) is 29.7 Å². The number of fused-ring (bicyclic) bond motifs is 1. The molecule has 1 fully saturated rings. The van der Waals surface area contributed by atoms with E-state index in [1.54, 1.807) is 11.3 Å². The van der Waals surface area contributed by atoms with Crippen molar-refractivity contribution < 1.29 is 9.53 Å². The lowest BCUT2D eigenvalue weighted by Crippen LogP contribution is -2.39. The van der Waals surface area contributed by atoms with Crippen LogP contribution in [0.2, 0.25) is 0 Å². The molecule has 5 nitrogen and oxygen atoms in total. The molecule has 1 aliphatic rings. The van der Waals surface area contributed by atoms with Gasteiger partial charge in [-0.05, 0) is 66.1 Å². The molecule has 2 aromatic carbocycles. The second-order valence-electron chi connectivity index (χ2n) is 7.62. The van der Waals surface area contributed by atoms with Crippen LogP contribution < -0.4 is 4.90 Å². The first-order chi connectivity index (χ1) is 14.5. The molecule has 0 aliphatic carbocycles. The SMILES string of the molecule is Cc1ccc(C)c2sc(N(CCCN3CCOCC3)C(=O)c3ccccc3I)nc12.Cl. The number of hydrogen-bond donors (Lipinski definition) is 0. The Hall–Kier alpha value is -1.26. The predicted octanol–water partition coefficient (Wildman–Crippen LogP) is 5.31. The summed E-state index contributed by atoms with van der Waals surface area (Å²) in [5, 5.41) is 0.786. The Morgan fingerprint density at radius 3 is 2.58 bits per heavy atom. The predicted molar refractivity (Wildman–Crippen MR) is 139 cm³/mol. The Morgan fingerprint density at radius 1 is 1.16 bits per heavy atom. The number of benzene rings is 2. The molecule has 8 heteroatoms. The zero-order valence-electron chi connectivity index (χ0n) is 17.8. The van der Waals surface area contributed by atoms with Gasteiger partial charge in [-0.3, -0.25) is 14.6 Å². The third-order valence-electron chi connectivity index (χ3n) is 5.47. The molecule has 0 atom stereocenters. The number of carbonyl (C=O) groups is 1. The van der Waals surface area contributed by atoms with Crippen LogP contribution in [0.3, 0.4) is 0 Å². The van der Waals surface area contributed by atoms with Crippen molar-refractivity contribution in [2.24, 2.45) is 0 Å². The van der Waals surface area contributed by atoms with Gasteiger partial charge in [-0.15, -0.1) is 12.4 Å². The molecule has 31 heavy (non-hydrogen) atoms. The molecule has 1 aliphatic heterocycles. The number of halogens is 2. The van der Waals surface area contributed by atoms with Crippen molar-refractivity contribution in [3.8, 4) is 0 Å². The molecular weight excluding hydrogens is 545 g/mol. The largest absolute Gasteiger partial charge is 0.379 e. The molecule has 0 N–H and O–H groups in total. The first-order valence-corrected chi connectivity index (χ1v) is 12.2.